The van der Waals surface area contributed by atoms with Gasteiger partial charge in [-0.05, 0) is 48.7 Å². The highest BCUT2D eigenvalue weighted by Crippen LogP contribution is 2.26. The van der Waals surface area contributed by atoms with Gasteiger partial charge in [0.05, 0.1) is 6.61 Å². The fraction of sp³-hybridized carbons (Fsp3) is 0.333. The number of rotatable bonds is 4. The summed E-state index contributed by atoms with van der Waals surface area (Å²) in [7, 11) is 0. The van der Waals surface area contributed by atoms with E-state index in [0.29, 0.717) is 25.1 Å². The third kappa shape index (κ3) is 3.43. The molecular formula is C21H22N2O3. The lowest BCUT2D eigenvalue weighted by molar-refractivity contribution is -0.117. The lowest BCUT2D eigenvalue weighted by Crippen LogP contribution is -2.31. The maximum atomic E-state index is 12.5. The number of aryl methyl sites for hydroxylation is 1. The molecule has 1 saturated heterocycles. The Labute approximate surface area is 153 Å². The smallest absolute Gasteiger partial charge is 0.251 e. The minimum atomic E-state index is -0.0935. The molecule has 0 radical (unpaired) electrons. The topological polar surface area (TPSA) is 58.6 Å². The lowest BCUT2D eigenvalue weighted by Gasteiger charge is -2.18. The molecule has 0 unspecified atom stereocenters. The third-order valence-electron chi connectivity index (χ3n) is 4.99. The van der Waals surface area contributed by atoms with E-state index in [4.69, 9.17) is 4.74 Å². The van der Waals surface area contributed by atoms with Crippen molar-refractivity contribution in [1.29, 1.82) is 0 Å². The molecule has 0 aliphatic carbocycles. The highest BCUT2D eigenvalue weighted by Gasteiger charge is 2.30. The van der Waals surface area contributed by atoms with Gasteiger partial charge in [-0.25, -0.2) is 0 Å². The molecular weight excluding hydrogens is 328 g/mol. The largest absolute Gasteiger partial charge is 0.493 e. The third-order valence-corrected chi connectivity index (χ3v) is 4.99. The zero-order valence-electron chi connectivity index (χ0n) is 14.6. The summed E-state index contributed by atoms with van der Waals surface area (Å²) in [5, 5.41) is 2.98. The quantitative estimate of drug-likeness (QED) is 0.922. The van der Waals surface area contributed by atoms with Crippen LogP contribution in [0.25, 0.3) is 0 Å². The average Bonchev–Trinajstić information content (AvgIpc) is 3.07. The Morgan fingerprint density at radius 2 is 2.04 bits per heavy atom. The van der Waals surface area contributed by atoms with Gasteiger partial charge in [0, 0.05) is 36.7 Å². The van der Waals surface area contributed by atoms with Crippen molar-refractivity contribution in [1.82, 2.24) is 5.32 Å². The normalized spacial score (nSPS) is 19.0. The summed E-state index contributed by atoms with van der Waals surface area (Å²) in [6, 6.07) is 15.3. The van der Waals surface area contributed by atoms with Crippen LogP contribution in [0.1, 0.15) is 28.8 Å². The first-order valence-electron chi connectivity index (χ1n) is 9.10. The van der Waals surface area contributed by atoms with E-state index >= 15 is 0 Å². The molecule has 2 aromatic carbocycles. The number of fused-ring (bicyclic) bond motifs is 1. The van der Waals surface area contributed by atoms with Crippen LogP contribution >= 0.6 is 0 Å². The van der Waals surface area contributed by atoms with E-state index in [0.717, 1.165) is 36.4 Å². The first-order chi connectivity index (χ1) is 12.7. The summed E-state index contributed by atoms with van der Waals surface area (Å²) in [4.78, 5) is 26.5. The van der Waals surface area contributed by atoms with Crippen molar-refractivity contribution in [2.45, 2.75) is 19.3 Å². The fourth-order valence-electron chi connectivity index (χ4n) is 3.62. The number of carbonyl (C=O) groups is 2. The van der Waals surface area contributed by atoms with Gasteiger partial charge >= 0.3 is 0 Å². The lowest BCUT2D eigenvalue weighted by atomic mass is 10.0. The van der Waals surface area contributed by atoms with E-state index in [2.05, 4.69) is 5.32 Å². The number of nitrogens with one attached hydrogen (secondary N) is 1. The summed E-state index contributed by atoms with van der Waals surface area (Å²) >= 11 is 0. The standard InChI is InChI=1S/C21H22N2O3/c24-20-11-15(14-23(20)18-6-2-1-3-7-18)13-22-21(25)17-8-9-19-16(12-17)5-4-10-26-19/h1-3,6-9,12,15H,4-5,10-11,13-14H2,(H,22,25)/t15-/m0/s1. The minimum absolute atomic E-state index is 0.0935. The van der Waals surface area contributed by atoms with Crippen molar-refractivity contribution < 1.29 is 14.3 Å². The van der Waals surface area contributed by atoms with Crippen LogP contribution in [0.15, 0.2) is 48.5 Å². The molecule has 0 saturated carbocycles. The van der Waals surface area contributed by atoms with Crippen LogP contribution in [0.3, 0.4) is 0 Å². The van der Waals surface area contributed by atoms with Crippen LogP contribution in [-0.4, -0.2) is 31.5 Å². The SMILES string of the molecule is O=C(NC[C@@H]1CC(=O)N(c2ccccc2)C1)c1ccc2c(c1)CCCO2. The number of hydrogen-bond donors (Lipinski definition) is 1. The van der Waals surface area contributed by atoms with E-state index in [1.54, 1.807) is 11.0 Å². The second kappa shape index (κ2) is 7.20. The van der Waals surface area contributed by atoms with Gasteiger partial charge in [-0.2, -0.15) is 0 Å². The van der Waals surface area contributed by atoms with Crippen molar-refractivity contribution in [3.05, 3.63) is 59.7 Å². The molecule has 2 aliphatic heterocycles. The van der Waals surface area contributed by atoms with E-state index in [-0.39, 0.29) is 17.7 Å². The summed E-state index contributed by atoms with van der Waals surface area (Å²) in [5.41, 5.74) is 2.66. The number of nitrogens with zero attached hydrogens (tertiary/aromatic N) is 1. The van der Waals surface area contributed by atoms with Gasteiger partial charge in [0.25, 0.3) is 5.91 Å². The van der Waals surface area contributed by atoms with Crippen LogP contribution in [0, 0.1) is 5.92 Å². The van der Waals surface area contributed by atoms with Gasteiger partial charge < -0.3 is 15.0 Å². The summed E-state index contributed by atoms with van der Waals surface area (Å²) in [6.45, 7) is 1.88. The maximum Gasteiger partial charge on any atom is 0.251 e. The van der Waals surface area contributed by atoms with Crippen LogP contribution in [-0.2, 0) is 11.2 Å². The molecule has 0 spiro atoms. The molecule has 5 nitrogen and oxygen atoms in total. The molecule has 4 rings (SSSR count). The van der Waals surface area contributed by atoms with Gasteiger partial charge in [0.15, 0.2) is 0 Å². The molecule has 2 aromatic rings. The van der Waals surface area contributed by atoms with Crippen LogP contribution in [0.5, 0.6) is 5.75 Å². The second-order valence-electron chi connectivity index (χ2n) is 6.89. The van der Waals surface area contributed by atoms with Gasteiger partial charge in [0.2, 0.25) is 5.91 Å². The summed E-state index contributed by atoms with van der Waals surface area (Å²) < 4.78 is 5.59. The van der Waals surface area contributed by atoms with Crippen molar-refractivity contribution >= 4 is 17.5 Å². The Morgan fingerprint density at radius 3 is 2.88 bits per heavy atom. The number of carbonyl (C=O) groups excluding carboxylic acids is 2. The van der Waals surface area contributed by atoms with E-state index in [1.165, 1.54) is 0 Å². The van der Waals surface area contributed by atoms with E-state index in [9.17, 15) is 9.59 Å². The van der Waals surface area contributed by atoms with Gasteiger partial charge in [-0.1, -0.05) is 18.2 Å². The van der Waals surface area contributed by atoms with Gasteiger partial charge in [-0.3, -0.25) is 9.59 Å². The molecule has 1 fully saturated rings. The van der Waals surface area contributed by atoms with Crippen molar-refractivity contribution in [3.8, 4) is 5.75 Å². The first-order valence-corrected chi connectivity index (χ1v) is 9.10. The Hall–Kier alpha value is -2.82. The van der Waals surface area contributed by atoms with Crippen molar-refractivity contribution in [3.63, 3.8) is 0 Å². The number of ether oxygens (including phenoxy) is 1. The number of hydrogen-bond acceptors (Lipinski definition) is 3. The van der Waals surface area contributed by atoms with Gasteiger partial charge in [0.1, 0.15) is 5.75 Å². The fourth-order valence-corrected chi connectivity index (χ4v) is 3.62. The van der Waals surface area contributed by atoms with Crippen LogP contribution < -0.4 is 15.0 Å². The molecule has 5 heteroatoms. The number of anilines is 1. The Morgan fingerprint density at radius 1 is 1.19 bits per heavy atom. The predicted molar refractivity (Wildman–Crippen MR) is 99.5 cm³/mol. The average molecular weight is 350 g/mol. The minimum Gasteiger partial charge on any atom is -0.493 e. The number of para-hydroxylation sites is 1. The van der Waals surface area contributed by atoms with Crippen LogP contribution in [0.4, 0.5) is 5.69 Å². The predicted octanol–water partition coefficient (Wildman–Crippen LogP) is 2.79. The molecule has 2 heterocycles. The van der Waals surface area contributed by atoms with Gasteiger partial charge in [-0.15, -0.1) is 0 Å². The molecule has 2 amide bonds. The monoisotopic (exact) mass is 350 g/mol. The Kier molecular flexibility index (Phi) is 4.61. The maximum absolute atomic E-state index is 12.5. The zero-order valence-corrected chi connectivity index (χ0v) is 14.6. The molecule has 0 bridgehead atoms. The van der Waals surface area contributed by atoms with Crippen molar-refractivity contribution in [2.75, 3.05) is 24.6 Å². The van der Waals surface area contributed by atoms with Crippen molar-refractivity contribution in [2.24, 2.45) is 5.92 Å². The Bertz CT molecular complexity index is 819. The highest BCUT2D eigenvalue weighted by atomic mass is 16.5. The van der Waals surface area contributed by atoms with E-state index in [1.807, 2.05) is 42.5 Å². The molecule has 1 atom stereocenters. The molecule has 0 aromatic heterocycles. The first kappa shape index (κ1) is 16.6. The summed E-state index contributed by atoms with van der Waals surface area (Å²) in [5.74, 6) is 1.03. The molecule has 1 N–H and O–H groups in total. The Balaban J connectivity index is 1.36. The zero-order chi connectivity index (χ0) is 17.9. The highest BCUT2D eigenvalue weighted by molar-refractivity contribution is 5.96. The summed E-state index contributed by atoms with van der Waals surface area (Å²) in [6.07, 6.45) is 2.39. The molecule has 134 valence electrons. The molecule has 2 aliphatic rings. The number of benzene rings is 2. The second-order valence-corrected chi connectivity index (χ2v) is 6.89. The molecule has 26 heavy (non-hydrogen) atoms. The van der Waals surface area contributed by atoms with Crippen LogP contribution in [0.2, 0.25) is 0 Å². The number of amides is 2. The van der Waals surface area contributed by atoms with E-state index < -0.39 is 0 Å².